The Morgan fingerprint density at radius 2 is 1.95 bits per heavy atom. The van der Waals surface area contributed by atoms with Crippen molar-refractivity contribution in [2.45, 2.75) is 26.8 Å². The summed E-state index contributed by atoms with van der Waals surface area (Å²) < 4.78 is 4.57. The molecule has 0 unspecified atom stereocenters. The van der Waals surface area contributed by atoms with Crippen LogP contribution in [0.2, 0.25) is 0 Å². The van der Waals surface area contributed by atoms with Crippen LogP contribution in [0.25, 0.3) is 0 Å². The minimum atomic E-state index is -0.112. The van der Waals surface area contributed by atoms with Crippen molar-refractivity contribution < 1.29 is 0 Å². The van der Waals surface area contributed by atoms with E-state index in [2.05, 4.69) is 29.8 Å². The number of halogens is 1. The van der Waals surface area contributed by atoms with E-state index in [1.807, 2.05) is 36.0 Å². The minimum absolute atomic E-state index is 0.112. The Morgan fingerprint density at radius 3 is 2.55 bits per heavy atom. The highest BCUT2D eigenvalue weighted by atomic mass is 79.9. The molecule has 0 saturated carbocycles. The van der Waals surface area contributed by atoms with Gasteiger partial charge in [0.25, 0.3) is 5.56 Å². The van der Waals surface area contributed by atoms with Gasteiger partial charge in [-0.15, -0.1) is 0 Å². The van der Waals surface area contributed by atoms with Gasteiger partial charge in [-0.05, 0) is 24.0 Å². The molecule has 5 heteroatoms. The average molecular weight is 338 g/mol. The Labute approximate surface area is 127 Å². The molecule has 0 saturated heterocycles. The molecule has 1 aromatic heterocycles. The Kier molecular flexibility index (Phi) is 4.38. The average Bonchev–Trinajstić information content (AvgIpc) is 2.58. The van der Waals surface area contributed by atoms with Crippen molar-refractivity contribution in [2.75, 3.05) is 5.73 Å². The Hall–Kier alpha value is -1.49. The van der Waals surface area contributed by atoms with Gasteiger partial charge in [-0.2, -0.15) is 0 Å². The highest BCUT2D eigenvalue weighted by molar-refractivity contribution is 9.10. The standard InChI is InChI=1S/C15H20BrN3O/c1-10(2)8-13-14(17)15(20)19(18(13)3)9-11-6-4-5-7-12(11)16/h4-7,10H,8-9,17H2,1-3H3. The zero-order valence-corrected chi connectivity index (χ0v) is 13.6. The van der Waals surface area contributed by atoms with Crippen LogP contribution in [-0.4, -0.2) is 9.36 Å². The third-order valence-electron chi connectivity index (χ3n) is 3.41. The van der Waals surface area contributed by atoms with Crippen molar-refractivity contribution in [2.24, 2.45) is 13.0 Å². The molecule has 2 rings (SSSR count). The molecule has 0 amide bonds. The molecule has 0 spiro atoms. The van der Waals surface area contributed by atoms with Crippen molar-refractivity contribution in [1.82, 2.24) is 9.36 Å². The van der Waals surface area contributed by atoms with Crippen LogP contribution in [0.5, 0.6) is 0 Å². The molecule has 0 radical (unpaired) electrons. The summed E-state index contributed by atoms with van der Waals surface area (Å²) in [5.41, 5.74) is 8.21. The summed E-state index contributed by atoms with van der Waals surface area (Å²) in [6, 6.07) is 7.90. The second kappa shape index (κ2) is 5.87. The highest BCUT2D eigenvalue weighted by Gasteiger charge is 2.16. The fraction of sp³-hybridized carbons (Fsp3) is 0.400. The first-order valence-corrected chi connectivity index (χ1v) is 7.48. The zero-order chi connectivity index (χ0) is 14.9. The van der Waals surface area contributed by atoms with Crippen molar-refractivity contribution in [3.63, 3.8) is 0 Å². The zero-order valence-electron chi connectivity index (χ0n) is 12.1. The quantitative estimate of drug-likeness (QED) is 0.932. The molecule has 108 valence electrons. The Bertz CT molecular complexity index is 670. The first kappa shape index (κ1) is 14.9. The van der Waals surface area contributed by atoms with E-state index in [1.54, 1.807) is 4.68 Å². The second-order valence-corrected chi connectivity index (χ2v) is 6.29. The van der Waals surface area contributed by atoms with E-state index >= 15 is 0 Å². The smallest absolute Gasteiger partial charge is 0.290 e. The summed E-state index contributed by atoms with van der Waals surface area (Å²) in [7, 11) is 1.90. The summed E-state index contributed by atoms with van der Waals surface area (Å²) >= 11 is 3.51. The van der Waals surface area contributed by atoms with E-state index in [4.69, 9.17) is 5.73 Å². The molecule has 1 heterocycles. The monoisotopic (exact) mass is 337 g/mol. The third-order valence-corrected chi connectivity index (χ3v) is 4.18. The maximum absolute atomic E-state index is 12.3. The molecular weight excluding hydrogens is 318 g/mol. The molecule has 1 aromatic carbocycles. The first-order chi connectivity index (χ1) is 9.41. The first-order valence-electron chi connectivity index (χ1n) is 6.69. The van der Waals surface area contributed by atoms with Crippen LogP contribution < -0.4 is 11.3 Å². The van der Waals surface area contributed by atoms with E-state index in [9.17, 15) is 4.79 Å². The van der Waals surface area contributed by atoms with Gasteiger partial charge in [0.15, 0.2) is 0 Å². The summed E-state index contributed by atoms with van der Waals surface area (Å²) in [5, 5.41) is 0. The van der Waals surface area contributed by atoms with Gasteiger partial charge in [-0.25, -0.2) is 4.68 Å². The predicted octanol–water partition coefficient (Wildman–Crippen LogP) is 2.78. The summed E-state index contributed by atoms with van der Waals surface area (Å²) in [6.45, 7) is 4.75. The van der Waals surface area contributed by atoms with Gasteiger partial charge in [0.2, 0.25) is 0 Å². The molecular formula is C15H20BrN3O. The van der Waals surface area contributed by atoms with Gasteiger partial charge < -0.3 is 5.73 Å². The molecule has 0 aliphatic heterocycles. The SMILES string of the molecule is CC(C)Cc1c(N)c(=O)n(Cc2ccccc2Br)n1C. The van der Waals surface area contributed by atoms with Gasteiger partial charge >= 0.3 is 0 Å². The fourth-order valence-corrected chi connectivity index (χ4v) is 2.72. The Balaban J connectivity index is 2.43. The molecule has 4 nitrogen and oxygen atoms in total. The van der Waals surface area contributed by atoms with Crippen LogP contribution in [0, 0.1) is 5.92 Å². The lowest BCUT2D eigenvalue weighted by Gasteiger charge is -2.12. The molecule has 0 fully saturated rings. The van der Waals surface area contributed by atoms with Gasteiger partial charge in [-0.1, -0.05) is 48.0 Å². The normalized spacial score (nSPS) is 11.2. The van der Waals surface area contributed by atoms with Gasteiger partial charge in [-0.3, -0.25) is 9.48 Å². The number of nitrogen functional groups attached to an aromatic ring is 1. The number of hydrogen-bond donors (Lipinski definition) is 1. The number of aromatic nitrogens is 2. The largest absolute Gasteiger partial charge is 0.393 e. The number of rotatable bonds is 4. The number of hydrogen-bond acceptors (Lipinski definition) is 2. The molecule has 2 N–H and O–H groups in total. The van der Waals surface area contributed by atoms with E-state index in [-0.39, 0.29) is 5.56 Å². The topological polar surface area (TPSA) is 53.0 Å². The number of nitrogens with zero attached hydrogens (tertiary/aromatic N) is 2. The number of benzene rings is 1. The maximum atomic E-state index is 12.3. The molecule has 2 aromatic rings. The van der Waals surface area contributed by atoms with Gasteiger partial charge in [0, 0.05) is 11.5 Å². The molecule has 20 heavy (non-hydrogen) atoms. The van der Waals surface area contributed by atoms with Gasteiger partial charge in [0.1, 0.15) is 5.69 Å². The highest BCUT2D eigenvalue weighted by Crippen LogP contribution is 2.18. The fourth-order valence-electron chi connectivity index (χ4n) is 2.31. The Morgan fingerprint density at radius 1 is 1.30 bits per heavy atom. The van der Waals surface area contributed by atoms with Crippen LogP contribution in [0.3, 0.4) is 0 Å². The van der Waals surface area contributed by atoms with E-state index in [0.717, 1.165) is 22.2 Å². The lowest BCUT2D eigenvalue weighted by atomic mass is 10.1. The van der Waals surface area contributed by atoms with Crippen LogP contribution in [0.1, 0.15) is 25.1 Å². The van der Waals surface area contributed by atoms with Gasteiger partial charge in [0.05, 0.1) is 12.2 Å². The van der Waals surface area contributed by atoms with Crippen LogP contribution in [0.15, 0.2) is 33.5 Å². The van der Waals surface area contributed by atoms with Crippen molar-refractivity contribution in [3.8, 4) is 0 Å². The maximum Gasteiger partial charge on any atom is 0.290 e. The van der Waals surface area contributed by atoms with Crippen molar-refractivity contribution in [3.05, 3.63) is 50.3 Å². The third kappa shape index (κ3) is 2.82. The summed E-state index contributed by atoms with van der Waals surface area (Å²) in [6.07, 6.45) is 0.806. The minimum Gasteiger partial charge on any atom is -0.393 e. The van der Waals surface area contributed by atoms with E-state index < -0.39 is 0 Å². The lowest BCUT2D eigenvalue weighted by Crippen LogP contribution is -2.23. The van der Waals surface area contributed by atoms with E-state index in [1.165, 1.54) is 0 Å². The van der Waals surface area contributed by atoms with Crippen LogP contribution in [-0.2, 0) is 20.0 Å². The van der Waals surface area contributed by atoms with Crippen LogP contribution >= 0.6 is 15.9 Å². The molecule has 0 aliphatic carbocycles. The lowest BCUT2D eigenvalue weighted by molar-refractivity contribution is 0.499. The van der Waals surface area contributed by atoms with Crippen molar-refractivity contribution in [1.29, 1.82) is 0 Å². The molecule has 0 atom stereocenters. The molecule has 0 bridgehead atoms. The van der Waals surface area contributed by atoms with Crippen molar-refractivity contribution >= 4 is 21.6 Å². The number of nitrogens with two attached hydrogens (primary N) is 1. The molecule has 0 aliphatic rings. The second-order valence-electron chi connectivity index (χ2n) is 5.44. The van der Waals surface area contributed by atoms with Crippen LogP contribution in [0.4, 0.5) is 5.69 Å². The summed E-state index contributed by atoms with van der Waals surface area (Å²) in [5.74, 6) is 0.460. The summed E-state index contributed by atoms with van der Waals surface area (Å²) in [4.78, 5) is 12.3. The van der Waals surface area contributed by atoms with E-state index in [0.29, 0.717) is 18.2 Å². The predicted molar refractivity (Wildman–Crippen MR) is 85.9 cm³/mol. The number of anilines is 1.